The summed E-state index contributed by atoms with van der Waals surface area (Å²) in [4.78, 5) is 14.0. The third kappa shape index (κ3) is 3.91. The lowest BCUT2D eigenvalue weighted by molar-refractivity contribution is 0.0997. The number of rotatable bonds is 4. The standard InChI is InChI=1S/C23H14ClFN4O2/c24-15-3-1-14(2-4-15)21-11-12-22(31-21)23(30)26-17-7-10-19-20(13-17)28-29(27-19)18-8-5-16(25)6-9-18/h1-13H,(H,26,30). The van der Waals surface area contributed by atoms with Crippen LogP contribution in [0.25, 0.3) is 28.0 Å². The first-order valence-corrected chi connectivity index (χ1v) is 9.73. The van der Waals surface area contributed by atoms with Crippen molar-refractivity contribution in [3.8, 4) is 17.0 Å². The molecule has 0 radical (unpaired) electrons. The Morgan fingerprint density at radius 1 is 0.903 bits per heavy atom. The number of carbonyl (C=O) groups is 1. The third-order valence-electron chi connectivity index (χ3n) is 4.65. The van der Waals surface area contributed by atoms with Crippen LogP contribution in [0.5, 0.6) is 0 Å². The van der Waals surface area contributed by atoms with Crippen molar-refractivity contribution in [2.24, 2.45) is 0 Å². The zero-order valence-corrected chi connectivity index (χ0v) is 16.7. The van der Waals surface area contributed by atoms with Gasteiger partial charge in [0.05, 0.1) is 5.69 Å². The van der Waals surface area contributed by atoms with Crippen molar-refractivity contribution in [3.63, 3.8) is 0 Å². The van der Waals surface area contributed by atoms with E-state index in [2.05, 4.69) is 15.5 Å². The first-order valence-electron chi connectivity index (χ1n) is 9.35. The smallest absolute Gasteiger partial charge is 0.291 e. The topological polar surface area (TPSA) is 73.0 Å². The van der Waals surface area contributed by atoms with E-state index in [0.717, 1.165) is 5.56 Å². The fraction of sp³-hybridized carbons (Fsp3) is 0. The van der Waals surface area contributed by atoms with Crippen LogP contribution in [0.1, 0.15) is 10.6 Å². The van der Waals surface area contributed by atoms with Crippen LogP contribution in [0.4, 0.5) is 10.1 Å². The molecule has 0 spiro atoms. The molecule has 0 unspecified atom stereocenters. The summed E-state index contributed by atoms with van der Waals surface area (Å²) in [5.41, 5.74) is 3.23. The van der Waals surface area contributed by atoms with Crippen molar-refractivity contribution in [2.45, 2.75) is 0 Å². The molecule has 0 saturated heterocycles. The van der Waals surface area contributed by atoms with E-state index in [9.17, 15) is 9.18 Å². The molecule has 6 nitrogen and oxygen atoms in total. The normalized spacial score (nSPS) is 11.0. The van der Waals surface area contributed by atoms with Gasteiger partial charge < -0.3 is 9.73 Å². The third-order valence-corrected chi connectivity index (χ3v) is 4.91. The highest BCUT2D eigenvalue weighted by Gasteiger charge is 2.14. The highest BCUT2D eigenvalue weighted by atomic mass is 35.5. The van der Waals surface area contributed by atoms with Crippen LogP contribution < -0.4 is 5.32 Å². The van der Waals surface area contributed by atoms with E-state index in [1.807, 2.05) is 12.1 Å². The van der Waals surface area contributed by atoms with Gasteiger partial charge in [0.2, 0.25) is 0 Å². The van der Waals surface area contributed by atoms with Crippen molar-refractivity contribution in [1.82, 2.24) is 15.0 Å². The number of carbonyl (C=O) groups excluding carboxylic acids is 1. The summed E-state index contributed by atoms with van der Waals surface area (Å²) in [6.07, 6.45) is 0. The lowest BCUT2D eigenvalue weighted by Crippen LogP contribution is -2.10. The molecule has 3 aromatic carbocycles. The van der Waals surface area contributed by atoms with Gasteiger partial charge in [-0.05, 0) is 78.9 Å². The number of fused-ring (bicyclic) bond motifs is 1. The van der Waals surface area contributed by atoms with Crippen molar-refractivity contribution < 1.29 is 13.6 Å². The first kappa shape index (κ1) is 19.0. The Morgan fingerprint density at radius 2 is 1.65 bits per heavy atom. The Hall–Kier alpha value is -3.97. The van der Waals surface area contributed by atoms with Crippen molar-refractivity contribution >= 4 is 34.2 Å². The highest BCUT2D eigenvalue weighted by molar-refractivity contribution is 6.30. The van der Waals surface area contributed by atoms with Crippen LogP contribution in [-0.4, -0.2) is 20.9 Å². The molecule has 8 heteroatoms. The van der Waals surface area contributed by atoms with Crippen LogP contribution in [0.3, 0.4) is 0 Å². The Bertz CT molecular complexity index is 1390. The summed E-state index contributed by atoms with van der Waals surface area (Å²) < 4.78 is 18.8. The van der Waals surface area contributed by atoms with Crippen LogP contribution in [-0.2, 0) is 0 Å². The molecule has 1 amide bonds. The maximum Gasteiger partial charge on any atom is 0.291 e. The molecule has 0 saturated carbocycles. The van der Waals surface area contributed by atoms with Gasteiger partial charge >= 0.3 is 0 Å². The lowest BCUT2D eigenvalue weighted by atomic mass is 10.2. The second kappa shape index (κ2) is 7.70. The maximum atomic E-state index is 13.1. The number of amides is 1. The predicted molar refractivity (Wildman–Crippen MR) is 116 cm³/mol. The molecular weight excluding hydrogens is 419 g/mol. The molecule has 0 aliphatic rings. The Balaban J connectivity index is 1.36. The molecule has 0 fully saturated rings. The average molecular weight is 433 g/mol. The number of aromatic nitrogens is 3. The van der Waals surface area contributed by atoms with Crippen LogP contribution >= 0.6 is 11.6 Å². The summed E-state index contributed by atoms with van der Waals surface area (Å²) in [5, 5.41) is 12.2. The summed E-state index contributed by atoms with van der Waals surface area (Å²) >= 11 is 5.91. The van der Waals surface area contributed by atoms with Crippen molar-refractivity contribution in [3.05, 3.63) is 95.5 Å². The highest BCUT2D eigenvalue weighted by Crippen LogP contribution is 2.25. The maximum absolute atomic E-state index is 13.1. The Morgan fingerprint density at radius 3 is 2.42 bits per heavy atom. The molecule has 0 aliphatic carbocycles. The SMILES string of the molecule is O=C(Nc1ccc2nn(-c3ccc(F)cc3)nc2c1)c1ccc(-c2ccc(Cl)cc2)o1. The molecular formula is C23H14ClFN4O2. The average Bonchev–Trinajstić information content (AvgIpc) is 3.42. The quantitative estimate of drug-likeness (QED) is 0.394. The van der Waals surface area contributed by atoms with Gasteiger partial charge in [-0.2, -0.15) is 4.80 Å². The van der Waals surface area contributed by atoms with Gasteiger partial charge in [-0.25, -0.2) is 4.39 Å². The summed E-state index contributed by atoms with van der Waals surface area (Å²) in [5.74, 6) is 0.0348. The molecule has 1 N–H and O–H groups in total. The van der Waals surface area contributed by atoms with Crippen LogP contribution in [0, 0.1) is 5.82 Å². The Labute approximate surface area is 180 Å². The van der Waals surface area contributed by atoms with E-state index in [4.69, 9.17) is 16.0 Å². The van der Waals surface area contributed by atoms with Gasteiger partial charge in [-0.15, -0.1) is 10.2 Å². The van der Waals surface area contributed by atoms with Gasteiger partial charge in [-0.3, -0.25) is 4.79 Å². The van der Waals surface area contributed by atoms with Crippen LogP contribution in [0.15, 0.2) is 83.3 Å². The van der Waals surface area contributed by atoms with Gasteiger partial charge in [-0.1, -0.05) is 11.6 Å². The van der Waals surface area contributed by atoms with Crippen LogP contribution in [0.2, 0.25) is 5.02 Å². The monoisotopic (exact) mass is 432 g/mol. The summed E-state index contributed by atoms with van der Waals surface area (Å²) in [7, 11) is 0. The van der Waals surface area contributed by atoms with Gasteiger partial charge in [0.15, 0.2) is 5.76 Å². The molecule has 0 bridgehead atoms. The number of furan rings is 1. The van der Waals surface area contributed by atoms with Crippen molar-refractivity contribution in [1.29, 1.82) is 0 Å². The number of hydrogen-bond acceptors (Lipinski definition) is 4. The fourth-order valence-electron chi connectivity index (χ4n) is 3.10. The van der Waals surface area contributed by atoms with E-state index in [1.165, 1.54) is 16.9 Å². The second-order valence-electron chi connectivity index (χ2n) is 6.79. The van der Waals surface area contributed by atoms with E-state index in [-0.39, 0.29) is 17.5 Å². The molecule has 0 atom stereocenters. The predicted octanol–water partition coefficient (Wildman–Crippen LogP) is 5.73. The number of nitrogens with one attached hydrogen (secondary N) is 1. The number of benzene rings is 3. The van der Waals surface area contributed by atoms with Gasteiger partial charge in [0.25, 0.3) is 5.91 Å². The largest absolute Gasteiger partial charge is 0.451 e. The number of anilines is 1. The minimum absolute atomic E-state index is 0.181. The first-order chi connectivity index (χ1) is 15.0. The number of halogens is 2. The number of hydrogen-bond donors (Lipinski definition) is 1. The molecule has 2 aromatic heterocycles. The minimum Gasteiger partial charge on any atom is -0.451 e. The molecule has 5 rings (SSSR count). The van der Waals surface area contributed by atoms with E-state index < -0.39 is 0 Å². The molecule has 0 aliphatic heterocycles. The summed E-state index contributed by atoms with van der Waals surface area (Å²) in [6.45, 7) is 0. The lowest BCUT2D eigenvalue weighted by Gasteiger charge is -2.02. The van der Waals surface area contributed by atoms with Crippen molar-refractivity contribution in [2.75, 3.05) is 5.32 Å². The zero-order chi connectivity index (χ0) is 21.4. The molecule has 152 valence electrons. The van der Waals surface area contributed by atoms with Gasteiger partial charge in [0, 0.05) is 16.3 Å². The second-order valence-corrected chi connectivity index (χ2v) is 7.23. The Kier molecular flexibility index (Phi) is 4.72. The van der Waals surface area contributed by atoms with E-state index in [0.29, 0.717) is 33.2 Å². The zero-order valence-electron chi connectivity index (χ0n) is 15.9. The molecule has 2 heterocycles. The fourth-order valence-corrected chi connectivity index (χ4v) is 3.23. The minimum atomic E-state index is -0.384. The van der Waals surface area contributed by atoms with Gasteiger partial charge in [0.1, 0.15) is 22.6 Å². The molecule has 5 aromatic rings. The summed E-state index contributed by atoms with van der Waals surface area (Å²) in [6, 6.07) is 21.6. The molecule has 31 heavy (non-hydrogen) atoms. The van der Waals surface area contributed by atoms with E-state index in [1.54, 1.807) is 54.6 Å². The number of nitrogens with zero attached hydrogens (tertiary/aromatic N) is 3. The van der Waals surface area contributed by atoms with E-state index >= 15 is 0 Å².